The van der Waals surface area contributed by atoms with Crippen LogP contribution in [-0.2, 0) is 4.79 Å². The zero-order valence-corrected chi connectivity index (χ0v) is 24.4. The summed E-state index contributed by atoms with van der Waals surface area (Å²) in [6.45, 7) is 4.67. The lowest BCUT2D eigenvalue weighted by molar-refractivity contribution is -0.117. The van der Waals surface area contributed by atoms with Crippen LogP contribution in [-0.4, -0.2) is 35.5 Å². The predicted molar refractivity (Wildman–Crippen MR) is 163 cm³/mol. The number of hydrogen-bond donors (Lipinski definition) is 1. The van der Waals surface area contributed by atoms with Crippen molar-refractivity contribution in [3.63, 3.8) is 0 Å². The number of amides is 1. The average molecular weight is 583 g/mol. The van der Waals surface area contributed by atoms with Gasteiger partial charge in [0, 0.05) is 5.39 Å². The van der Waals surface area contributed by atoms with E-state index >= 15 is 0 Å². The molecule has 6 rings (SSSR count). The third-order valence-electron chi connectivity index (χ3n) is 7.33. The fourth-order valence-corrected chi connectivity index (χ4v) is 6.32. The smallest absolute Gasteiger partial charge is 0.296 e. The van der Waals surface area contributed by atoms with Gasteiger partial charge in [0.2, 0.25) is 5.78 Å². The maximum absolute atomic E-state index is 14.1. The summed E-state index contributed by atoms with van der Waals surface area (Å²) in [6.07, 6.45) is 3.05. The van der Waals surface area contributed by atoms with Crippen LogP contribution >= 0.6 is 11.3 Å². The Kier molecular flexibility index (Phi) is 7.43. The minimum Gasteiger partial charge on any atom is -0.503 e. The normalized spacial score (nSPS) is 15.3. The Morgan fingerprint density at radius 2 is 1.93 bits per heavy atom. The van der Waals surface area contributed by atoms with Crippen LogP contribution in [0.1, 0.15) is 53.9 Å². The van der Waals surface area contributed by atoms with Crippen LogP contribution in [0.2, 0.25) is 0 Å². The number of para-hydroxylation sites is 1. The highest BCUT2D eigenvalue weighted by atomic mass is 32.1. The summed E-state index contributed by atoms with van der Waals surface area (Å²) in [7, 11) is 1.52. The molecular formula is C33H30N2O6S. The third kappa shape index (κ3) is 4.90. The quantitative estimate of drug-likeness (QED) is 0.133. The summed E-state index contributed by atoms with van der Waals surface area (Å²) in [6, 6.07) is 19.1. The van der Waals surface area contributed by atoms with E-state index in [1.165, 1.54) is 23.3 Å². The Morgan fingerprint density at radius 3 is 2.74 bits per heavy atom. The Labute approximate surface area is 246 Å². The predicted octanol–water partition coefficient (Wildman–Crippen LogP) is 7.71. The van der Waals surface area contributed by atoms with E-state index < -0.39 is 23.5 Å². The molecule has 0 spiro atoms. The van der Waals surface area contributed by atoms with Gasteiger partial charge in [-0.1, -0.05) is 61.4 Å². The highest BCUT2D eigenvalue weighted by Crippen LogP contribution is 2.45. The number of ether oxygens (including phenoxy) is 2. The molecule has 3 aromatic carbocycles. The fourth-order valence-electron chi connectivity index (χ4n) is 5.23. The van der Waals surface area contributed by atoms with Gasteiger partial charge < -0.3 is 19.0 Å². The first-order chi connectivity index (χ1) is 20.4. The maximum Gasteiger partial charge on any atom is 0.296 e. The van der Waals surface area contributed by atoms with Crippen molar-refractivity contribution in [3.05, 3.63) is 94.9 Å². The van der Waals surface area contributed by atoms with Crippen LogP contribution in [0.25, 0.3) is 21.2 Å². The summed E-state index contributed by atoms with van der Waals surface area (Å²) in [4.78, 5) is 33.9. The van der Waals surface area contributed by atoms with Crippen molar-refractivity contribution >= 4 is 49.3 Å². The number of benzene rings is 3. The molecule has 1 unspecified atom stereocenters. The fraction of sp³-hybridized carbons (Fsp3) is 0.242. The Bertz CT molecular complexity index is 1850. The second-order valence-electron chi connectivity index (χ2n) is 10.3. The van der Waals surface area contributed by atoms with E-state index in [1.54, 1.807) is 24.3 Å². The lowest BCUT2D eigenvalue weighted by atomic mass is 9.95. The van der Waals surface area contributed by atoms with E-state index in [0.717, 1.165) is 35.0 Å². The van der Waals surface area contributed by atoms with Crippen molar-refractivity contribution < 1.29 is 28.6 Å². The number of aliphatic hydroxyl groups is 1. The summed E-state index contributed by atoms with van der Waals surface area (Å²) in [5.41, 5.74) is 2.71. The van der Waals surface area contributed by atoms with Crippen LogP contribution in [0.5, 0.6) is 11.5 Å². The Morgan fingerprint density at radius 1 is 1.10 bits per heavy atom. The number of ketones is 1. The maximum atomic E-state index is 14.1. The molecule has 1 atom stereocenters. The minimum atomic E-state index is -0.957. The Balaban J connectivity index is 1.46. The van der Waals surface area contributed by atoms with Crippen molar-refractivity contribution in [3.8, 4) is 11.5 Å². The monoisotopic (exact) mass is 582 g/mol. The number of hydrogen-bond acceptors (Lipinski definition) is 8. The van der Waals surface area contributed by atoms with E-state index in [-0.39, 0.29) is 11.3 Å². The highest BCUT2D eigenvalue weighted by Gasteiger charge is 2.46. The van der Waals surface area contributed by atoms with E-state index in [9.17, 15) is 14.7 Å². The van der Waals surface area contributed by atoms with Gasteiger partial charge in [-0.15, -0.1) is 0 Å². The van der Waals surface area contributed by atoms with Crippen molar-refractivity contribution in [1.82, 2.24) is 4.98 Å². The second-order valence-corrected chi connectivity index (χ2v) is 11.3. The molecule has 3 heterocycles. The van der Waals surface area contributed by atoms with E-state index in [1.807, 2.05) is 49.4 Å². The van der Waals surface area contributed by atoms with Crippen LogP contribution < -0.4 is 14.4 Å². The van der Waals surface area contributed by atoms with Crippen LogP contribution in [0.4, 0.5) is 5.13 Å². The van der Waals surface area contributed by atoms with Gasteiger partial charge in [-0.25, -0.2) is 4.98 Å². The number of anilines is 1. The average Bonchev–Trinajstić information content (AvgIpc) is 3.69. The number of unbranched alkanes of at least 4 members (excludes halogenated alkanes) is 2. The molecule has 0 fully saturated rings. The number of nitrogens with zero attached hydrogens (tertiary/aromatic N) is 2. The van der Waals surface area contributed by atoms with E-state index in [2.05, 4.69) is 6.92 Å². The third-order valence-corrected chi connectivity index (χ3v) is 8.35. The summed E-state index contributed by atoms with van der Waals surface area (Å²) < 4.78 is 18.2. The number of carbonyl (C=O) groups is 2. The number of methoxy groups -OCH3 is 1. The van der Waals surface area contributed by atoms with Crippen LogP contribution in [0, 0.1) is 6.92 Å². The number of furan rings is 1. The van der Waals surface area contributed by atoms with Crippen molar-refractivity contribution in [2.24, 2.45) is 0 Å². The van der Waals surface area contributed by atoms with Gasteiger partial charge in [-0.2, -0.15) is 0 Å². The minimum absolute atomic E-state index is 0.0115. The molecule has 214 valence electrons. The van der Waals surface area contributed by atoms with Crippen molar-refractivity contribution in [1.29, 1.82) is 0 Å². The van der Waals surface area contributed by atoms with Gasteiger partial charge in [0.15, 0.2) is 28.0 Å². The van der Waals surface area contributed by atoms with Gasteiger partial charge >= 0.3 is 0 Å². The highest BCUT2D eigenvalue weighted by molar-refractivity contribution is 7.22. The van der Waals surface area contributed by atoms with E-state index in [4.69, 9.17) is 18.9 Å². The number of rotatable bonds is 10. The molecule has 1 amide bonds. The molecular weight excluding hydrogens is 552 g/mol. The molecule has 42 heavy (non-hydrogen) atoms. The number of Topliss-reactive ketones (excluding diaryl/α,β-unsaturated/α-hetero) is 1. The molecule has 8 nitrogen and oxygen atoms in total. The summed E-state index contributed by atoms with van der Waals surface area (Å²) >= 11 is 1.33. The molecule has 0 saturated carbocycles. The van der Waals surface area contributed by atoms with Crippen LogP contribution in [0.3, 0.4) is 0 Å². The van der Waals surface area contributed by atoms with Crippen molar-refractivity contribution in [2.75, 3.05) is 18.6 Å². The lowest BCUT2D eigenvalue weighted by Crippen LogP contribution is -2.31. The van der Waals surface area contributed by atoms with Gasteiger partial charge in [-0.3, -0.25) is 14.5 Å². The number of aliphatic hydroxyl groups excluding tert-OH is 1. The first-order valence-corrected chi connectivity index (χ1v) is 14.7. The largest absolute Gasteiger partial charge is 0.503 e. The SMILES string of the molecule is CCCCCOc1cccc(C2C(C(=O)c3cc4cccc(OC)c4o3)=C(O)C(=O)N2c2nc3ccc(C)cc3s2)c1. The number of thiazole rings is 1. The first kappa shape index (κ1) is 27.5. The molecule has 9 heteroatoms. The van der Waals surface area contributed by atoms with Gasteiger partial charge in [0.1, 0.15) is 5.75 Å². The summed E-state index contributed by atoms with van der Waals surface area (Å²) in [5.74, 6) is -0.865. The molecule has 0 radical (unpaired) electrons. The second kappa shape index (κ2) is 11.3. The first-order valence-electron chi connectivity index (χ1n) is 13.9. The molecule has 1 aliphatic rings. The molecule has 5 aromatic rings. The number of fused-ring (bicyclic) bond motifs is 2. The topological polar surface area (TPSA) is 102 Å². The lowest BCUT2D eigenvalue weighted by Gasteiger charge is -2.24. The van der Waals surface area contributed by atoms with Gasteiger partial charge in [0.25, 0.3) is 5.91 Å². The number of aromatic nitrogens is 1. The Hall–Kier alpha value is -4.63. The standard InChI is InChI=1S/C33H30N2O6S/c1-4-5-6-15-40-22-11-7-9-20(17-22)28-27(29(36)25-18-21-10-8-12-24(39-3)31(21)41-25)30(37)32(38)35(28)33-34-23-14-13-19(2)16-26(23)42-33/h7-14,16-18,28,37H,4-6,15H2,1-3H3. The molecule has 0 bridgehead atoms. The zero-order valence-electron chi connectivity index (χ0n) is 23.5. The van der Waals surface area contributed by atoms with Gasteiger partial charge in [0.05, 0.1) is 35.5 Å². The number of carbonyl (C=O) groups excluding carboxylic acids is 2. The summed E-state index contributed by atoms with van der Waals surface area (Å²) in [5, 5.41) is 12.3. The molecule has 0 saturated heterocycles. The van der Waals surface area contributed by atoms with Gasteiger partial charge in [-0.05, 0) is 60.9 Å². The van der Waals surface area contributed by atoms with Crippen LogP contribution in [0.15, 0.2) is 82.5 Å². The molecule has 0 aliphatic carbocycles. The molecule has 1 aliphatic heterocycles. The zero-order chi connectivity index (χ0) is 29.4. The van der Waals surface area contributed by atoms with E-state index in [0.29, 0.717) is 39.8 Å². The van der Waals surface area contributed by atoms with Crippen molar-refractivity contribution in [2.45, 2.75) is 39.2 Å². The molecule has 1 N–H and O–H groups in total. The number of aryl methyl sites for hydroxylation is 1. The molecule has 2 aromatic heterocycles.